The first-order valence-electron chi connectivity index (χ1n) is 26.7. The molecule has 0 aliphatic carbocycles. The number of hydrogen-bond acceptors (Lipinski definition) is 19. The SMILES string of the molecule is [B]OC(=O)C1=C(C[N+]2(CCN3C(=O)c4cc(OCc5ccc(OC)cc5)c(OCc5ccc(OC)cc5)cc4C3=O)CCCC2)[C@H](C)S[C@@H]2[C@H](CC(=O)/C(=N\OC(C)(C)C(=O)OC(C)(C)C)c3csc(NC(=O)OC(C)(C)C)n3)C(=O)N12. The van der Waals surface area contributed by atoms with Crippen LogP contribution in [0.1, 0.15) is 119 Å². The molecule has 2 saturated heterocycles. The fourth-order valence-corrected chi connectivity index (χ4v) is 12.0. The minimum absolute atomic E-state index is 0.0104. The zero-order chi connectivity index (χ0) is 59.5. The molecule has 434 valence electrons. The average Bonchev–Trinajstić information content (AvgIpc) is 2.48. The van der Waals surface area contributed by atoms with Crippen molar-refractivity contribution in [2.24, 2.45) is 11.1 Å². The maximum Gasteiger partial charge on any atom is 0.413 e. The molecule has 0 spiro atoms. The lowest BCUT2D eigenvalue weighted by atomic mass is 9.88. The van der Waals surface area contributed by atoms with Crippen LogP contribution in [0.3, 0.4) is 0 Å². The van der Waals surface area contributed by atoms with Crippen LogP contribution in [0.15, 0.2) is 82.5 Å². The van der Waals surface area contributed by atoms with Crippen LogP contribution in [0, 0.1) is 5.92 Å². The number of rotatable bonds is 22. The number of quaternary nitrogens is 1. The number of esters is 1. The highest BCUT2D eigenvalue weighted by Gasteiger charge is 2.57. The summed E-state index contributed by atoms with van der Waals surface area (Å²) in [5.74, 6) is -2.95. The average molecular weight is 1160 g/mol. The number of β-lactam (4-membered cyclic amide) rings is 1. The number of nitrogens with one attached hydrogen (secondary N) is 1. The fourth-order valence-electron chi connectivity index (χ4n) is 9.83. The molecule has 24 heteroatoms. The smallest absolute Gasteiger partial charge is 0.413 e. The quantitative estimate of drug-likeness (QED) is 0.0148. The van der Waals surface area contributed by atoms with Crippen molar-refractivity contribution in [1.29, 1.82) is 0 Å². The van der Waals surface area contributed by atoms with E-state index in [1.54, 1.807) is 67.9 Å². The fraction of sp³-hybridized carbons (Fsp3) is 0.466. The molecule has 4 aliphatic rings. The van der Waals surface area contributed by atoms with E-state index in [9.17, 15) is 33.6 Å². The van der Waals surface area contributed by atoms with Gasteiger partial charge < -0.3 is 42.4 Å². The van der Waals surface area contributed by atoms with Gasteiger partial charge in [-0.05, 0) is 110 Å². The molecule has 3 atom stereocenters. The number of thiazole rings is 1. The zero-order valence-corrected chi connectivity index (χ0v) is 49.5. The maximum absolute atomic E-state index is 14.5. The number of nitrogens with zero attached hydrogens (tertiary/aromatic N) is 5. The topological polar surface area (TPSA) is 237 Å². The van der Waals surface area contributed by atoms with E-state index in [-0.39, 0.29) is 71.2 Å². The monoisotopic (exact) mass is 1160 g/mol. The number of hydrogen-bond donors (Lipinski definition) is 1. The van der Waals surface area contributed by atoms with Crippen LogP contribution in [0.5, 0.6) is 23.0 Å². The van der Waals surface area contributed by atoms with Gasteiger partial charge >= 0.3 is 26.1 Å². The summed E-state index contributed by atoms with van der Waals surface area (Å²) in [4.78, 5) is 110. The molecule has 21 nitrogen and oxygen atoms in total. The molecule has 8 rings (SSSR count). The van der Waals surface area contributed by atoms with E-state index in [1.807, 2.05) is 55.5 Å². The van der Waals surface area contributed by atoms with Crippen molar-refractivity contribution in [3.8, 4) is 23.0 Å². The molecule has 82 heavy (non-hydrogen) atoms. The van der Waals surface area contributed by atoms with Crippen LogP contribution in [-0.2, 0) is 51.4 Å². The van der Waals surface area contributed by atoms with Gasteiger partial charge in [-0.3, -0.25) is 34.3 Å². The molecule has 3 aromatic carbocycles. The molecule has 1 aromatic heterocycles. The Kier molecular flexibility index (Phi) is 18.2. The number of Topliss-reactive ketones (excluding diaryl/α,β-unsaturated/α-hetero) is 1. The predicted octanol–water partition coefficient (Wildman–Crippen LogP) is 8.17. The van der Waals surface area contributed by atoms with Crippen LogP contribution in [0.25, 0.3) is 0 Å². The van der Waals surface area contributed by atoms with Gasteiger partial charge in [-0.1, -0.05) is 29.4 Å². The number of ketones is 1. The van der Waals surface area contributed by atoms with Crippen molar-refractivity contribution in [2.45, 2.75) is 122 Å². The van der Waals surface area contributed by atoms with Crippen molar-refractivity contribution < 1.29 is 76.0 Å². The molecule has 2 fully saturated rings. The number of amides is 4. The first kappa shape index (κ1) is 60.7. The second-order valence-corrected chi connectivity index (χ2v) is 25.2. The van der Waals surface area contributed by atoms with Crippen molar-refractivity contribution in [2.75, 3.05) is 52.3 Å². The van der Waals surface area contributed by atoms with Crippen molar-refractivity contribution in [1.82, 2.24) is 14.8 Å². The molecule has 2 radical (unpaired) electrons. The summed E-state index contributed by atoms with van der Waals surface area (Å²) < 4.78 is 39.3. The Bertz CT molecular complexity index is 3090. The van der Waals surface area contributed by atoms with Gasteiger partial charge in [-0.2, -0.15) is 0 Å². The Hall–Kier alpha value is -7.44. The van der Waals surface area contributed by atoms with Crippen LogP contribution in [0.2, 0.25) is 0 Å². The number of imide groups is 1. The van der Waals surface area contributed by atoms with E-state index in [2.05, 4.69) is 15.5 Å². The highest BCUT2D eigenvalue weighted by Crippen LogP contribution is 2.49. The number of oxime groups is 1. The van der Waals surface area contributed by atoms with Crippen LogP contribution < -0.4 is 24.3 Å². The largest absolute Gasteiger partial charge is 0.539 e. The summed E-state index contributed by atoms with van der Waals surface area (Å²) in [6.45, 7) is 17.1. The number of thioether (sulfide) groups is 1. The molecule has 0 bridgehead atoms. The number of fused-ring (bicyclic) bond motifs is 2. The third-order valence-electron chi connectivity index (χ3n) is 14.1. The third-order valence-corrected chi connectivity index (χ3v) is 16.3. The first-order chi connectivity index (χ1) is 38.7. The summed E-state index contributed by atoms with van der Waals surface area (Å²) in [5, 5.41) is 7.10. The van der Waals surface area contributed by atoms with Crippen molar-refractivity contribution in [3.63, 3.8) is 0 Å². The molecule has 4 amide bonds. The number of carbonyl (C=O) groups is 7. The lowest BCUT2D eigenvalue weighted by molar-refractivity contribution is -0.911. The van der Waals surface area contributed by atoms with E-state index >= 15 is 0 Å². The lowest BCUT2D eigenvalue weighted by Crippen LogP contribution is -2.64. The maximum atomic E-state index is 14.5. The molecular weight excluding hydrogens is 1100 g/mol. The van der Waals surface area contributed by atoms with Gasteiger partial charge in [0.15, 0.2) is 28.1 Å². The highest BCUT2D eigenvalue weighted by atomic mass is 32.2. The number of ether oxygens (including phenoxy) is 6. The Balaban J connectivity index is 1.01. The van der Waals surface area contributed by atoms with Crippen LogP contribution >= 0.6 is 23.1 Å². The van der Waals surface area contributed by atoms with Gasteiger partial charge in [0, 0.05) is 35.5 Å². The third kappa shape index (κ3) is 13.9. The normalized spacial score (nSPS) is 18.7. The van der Waals surface area contributed by atoms with Crippen molar-refractivity contribution >= 4 is 83.5 Å². The van der Waals surface area contributed by atoms with Crippen molar-refractivity contribution in [3.05, 3.63) is 105 Å². The molecule has 0 saturated carbocycles. The summed E-state index contributed by atoms with van der Waals surface area (Å²) in [7, 11) is 8.75. The molecule has 0 unspecified atom stereocenters. The van der Waals surface area contributed by atoms with Gasteiger partial charge in [-0.15, -0.1) is 23.1 Å². The second-order valence-electron chi connectivity index (χ2n) is 22.9. The molecular formula is C58H68BN6O15S2+. The Morgan fingerprint density at radius 1 is 0.805 bits per heavy atom. The van der Waals surface area contributed by atoms with Gasteiger partial charge in [0.2, 0.25) is 11.5 Å². The summed E-state index contributed by atoms with van der Waals surface area (Å²) >= 11 is 2.36. The Labute approximate surface area is 485 Å². The van der Waals surface area contributed by atoms with E-state index in [0.29, 0.717) is 41.2 Å². The molecule has 5 heterocycles. The molecule has 4 aliphatic heterocycles. The van der Waals surface area contributed by atoms with Gasteiger partial charge in [-0.25, -0.2) is 19.4 Å². The number of anilines is 1. The molecule has 4 aromatic rings. The van der Waals surface area contributed by atoms with Gasteiger partial charge in [0.05, 0.1) is 62.8 Å². The number of benzene rings is 3. The summed E-state index contributed by atoms with van der Waals surface area (Å²) in [6, 6.07) is 17.8. The number of aromatic nitrogens is 1. The van der Waals surface area contributed by atoms with E-state index in [0.717, 1.165) is 35.3 Å². The predicted molar refractivity (Wildman–Crippen MR) is 305 cm³/mol. The van der Waals surface area contributed by atoms with E-state index in [4.69, 9.17) is 46.0 Å². The van der Waals surface area contributed by atoms with E-state index < -0.39 is 81.3 Å². The zero-order valence-electron chi connectivity index (χ0n) is 47.9. The van der Waals surface area contributed by atoms with Crippen LogP contribution in [-0.4, -0.2) is 149 Å². The van der Waals surface area contributed by atoms with Gasteiger partial charge in [0.25, 0.3) is 11.8 Å². The minimum atomic E-state index is -1.68. The number of methoxy groups -OCH3 is 2. The number of likely N-dealkylation sites (tertiary alicyclic amines) is 1. The second kappa shape index (κ2) is 24.6. The lowest BCUT2D eigenvalue weighted by Gasteiger charge is -2.52. The van der Waals surface area contributed by atoms with Crippen LogP contribution in [0.4, 0.5) is 9.93 Å². The van der Waals surface area contributed by atoms with E-state index in [1.165, 1.54) is 40.8 Å². The standard InChI is InChI=1S/C58H67BN6O15S2/c1-33-41(47(52(70)79-59)64-50(69)40(51(64)82-33)26-43(66)46(62-80-58(8,9)53(71)77-56(2,3)4)42-32-81-54(60-42)61-55(72)78-57(5,6)7)29-65(23-12-13-24-65)25-22-63-48(67)38-27-44(75-30-34-14-18-36(73-10)19-15-34)45(28-39(38)49(63)68)76-31-35-16-20-37(74-11)21-17-35/h14-21,27-28,32-33,40,51H,12-13,22-26,29-31H2,1-11H3/p+1/b62-46-/t33-,40+,51+/m0/s1. The minimum Gasteiger partial charge on any atom is -0.539 e. The molecule has 1 N–H and O–H groups in total. The first-order valence-corrected chi connectivity index (χ1v) is 28.6. The Morgan fingerprint density at radius 2 is 1.35 bits per heavy atom. The summed E-state index contributed by atoms with van der Waals surface area (Å²) in [6.07, 6.45) is 0.461. The number of carbonyl (C=O) groups excluding carboxylic acids is 7. The van der Waals surface area contributed by atoms with Gasteiger partial charge in [0.1, 0.15) is 53.9 Å². The Morgan fingerprint density at radius 3 is 1.87 bits per heavy atom. The summed E-state index contributed by atoms with van der Waals surface area (Å²) in [5.41, 5.74) is -1.14. The highest BCUT2D eigenvalue weighted by molar-refractivity contribution is 8.00.